The summed E-state index contributed by atoms with van der Waals surface area (Å²) in [6, 6.07) is 13.6. The maximum atomic E-state index is 9.15. The second-order valence-corrected chi connectivity index (χ2v) is 6.91. The Kier molecular flexibility index (Phi) is 4.64. The van der Waals surface area contributed by atoms with Crippen LogP contribution in [0, 0.1) is 18.3 Å². The first-order valence-corrected chi connectivity index (χ1v) is 9.09. The number of nitrogens with zero attached hydrogens (tertiary/aromatic N) is 6. The van der Waals surface area contributed by atoms with Crippen LogP contribution < -0.4 is 0 Å². The Bertz CT molecular complexity index is 1170. The van der Waals surface area contributed by atoms with Crippen LogP contribution in [0.3, 0.4) is 0 Å². The number of pyridine rings is 1. The number of benzene rings is 1. The molecule has 0 unspecified atom stereocenters. The van der Waals surface area contributed by atoms with E-state index in [0.29, 0.717) is 17.9 Å². The minimum absolute atomic E-state index is 0.445. The molecule has 4 rings (SSSR count). The Morgan fingerprint density at radius 3 is 2.93 bits per heavy atom. The number of rotatable bonds is 4. The van der Waals surface area contributed by atoms with E-state index in [9.17, 15) is 0 Å². The van der Waals surface area contributed by atoms with Gasteiger partial charge in [0, 0.05) is 17.3 Å². The van der Waals surface area contributed by atoms with Crippen molar-refractivity contribution in [1.29, 1.82) is 5.26 Å². The van der Waals surface area contributed by atoms with Crippen LogP contribution in [0.4, 0.5) is 5.82 Å². The van der Waals surface area contributed by atoms with E-state index in [2.05, 4.69) is 31.2 Å². The van der Waals surface area contributed by atoms with Gasteiger partial charge < -0.3 is 0 Å². The summed E-state index contributed by atoms with van der Waals surface area (Å²) in [7, 11) is 0. The number of nitriles is 1. The van der Waals surface area contributed by atoms with Crippen molar-refractivity contribution in [2.24, 2.45) is 10.2 Å². The Hall–Kier alpha value is -3.50. The summed E-state index contributed by atoms with van der Waals surface area (Å²) in [4.78, 5) is 13.8. The Morgan fingerprint density at radius 2 is 2.11 bits per heavy atom. The van der Waals surface area contributed by atoms with Gasteiger partial charge in [-0.2, -0.15) is 10.4 Å². The van der Waals surface area contributed by atoms with Gasteiger partial charge in [-0.3, -0.25) is 4.98 Å². The molecule has 130 valence electrons. The molecule has 6 nitrogen and oxygen atoms in total. The highest BCUT2D eigenvalue weighted by molar-refractivity contribution is 7.23. The molecule has 0 spiro atoms. The van der Waals surface area contributed by atoms with E-state index in [4.69, 9.17) is 5.26 Å². The van der Waals surface area contributed by atoms with Gasteiger partial charge in [0.15, 0.2) is 5.82 Å². The van der Waals surface area contributed by atoms with Gasteiger partial charge in [0.2, 0.25) is 0 Å². The quantitative estimate of drug-likeness (QED) is 0.461. The lowest BCUT2D eigenvalue weighted by molar-refractivity contribution is 0.939. The summed E-state index contributed by atoms with van der Waals surface area (Å²) in [5.74, 6) is 0.555. The zero-order chi connectivity index (χ0) is 18.6. The van der Waals surface area contributed by atoms with Gasteiger partial charge >= 0.3 is 0 Å². The lowest BCUT2D eigenvalue weighted by Crippen LogP contribution is -1.83. The van der Waals surface area contributed by atoms with E-state index >= 15 is 0 Å². The number of thiophene rings is 1. The fraction of sp³-hybridized carbons (Fsp3) is 0.100. The summed E-state index contributed by atoms with van der Waals surface area (Å²) in [6.45, 7) is 2.47. The molecule has 0 saturated heterocycles. The Morgan fingerprint density at radius 1 is 1.19 bits per heavy atom. The molecule has 7 heteroatoms. The molecule has 0 amide bonds. The SMILES string of the molecule is Cc1c(-c2cccc(C#N)c2)sc2c(N=NCc3cccnc3)ncnc12. The van der Waals surface area contributed by atoms with Gasteiger partial charge in [-0.1, -0.05) is 18.2 Å². The van der Waals surface area contributed by atoms with Crippen molar-refractivity contribution in [1.82, 2.24) is 15.0 Å². The Balaban J connectivity index is 1.72. The van der Waals surface area contributed by atoms with E-state index in [-0.39, 0.29) is 0 Å². The molecule has 0 bridgehead atoms. The Labute approximate surface area is 159 Å². The molecule has 0 atom stereocenters. The second-order valence-electron chi connectivity index (χ2n) is 5.88. The molecule has 27 heavy (non-hydrogen) atoms. The van der Waals surface area contributed by atoms with Crippen LogP contribution in [-0.2, 0) is 6.54 Å². The summed E-state index contributed by atoms with van der Waals surface area (Å²) in [5, 5.41) is 17.7. The van der Waals surface area contributed by atoms with Crippen LogP contribution >= 0.6 is 11.3 Å². The fourth-order valence-corrected chi connectivity index (χ4v) is 3.95. The van der Waals surface area contributed by atoms with Crippen LogP contribution in [0.15, 0.2) is 65.3 Å². The predicted octanol–water partition coefficient (Wildman–Crippen LogP) is 5.22. The third-order valence-corrected chi connectivity index (χ3v) is 5.41. The lowest BCUT2D eigenvalue weighted by Gasteiger charge is -1.99. The average molecular weight is 370 g/mol. The van der Waals surface area contributed by atoms with E-state index < -0.39 is 0 Å². The first-order valence-electron chi connectivity index (χ1n) is 8.27. The van der Waals surface area contributed by atoms with E-state index in [1.807, 2.05) is 37.3 Å². The third-order valence-electron chi connectivity index (χ3n) is 4.08. The lowest BCUT2D eigenvalue weighted by atomic mass is 10.1. The molecule has 0 aliphatic carbocycles. The molecular formula is C20H14N6S. The van der Waals surface area contributed by atoms with Crippen molar-refractivity contribution >= 4 is 27.4 Å². The van der Waals surface area contributed by atoms with Crippen LogP contribution in [0.25, 0.3) is 20.7 Å². The maximum Gasteiger partial charge on any atom is 0.195 e. The normalized spacial score (nSPS) is 11.1. The molecule has 0 fully saturated rings. The summed E-state index contributed by atoms with van der Waals surface area (Å²) >= 11 is 1.57. The molecule has 0 radical (unpaired) electrons. The van der Waals surface area contributed by atoms with Crippen LogP contribution in [-0.4, -0.2) is 15.0 Å². The standard InChI is InChI=1S/C20H14N6S/c1-13-17-19(27-18(13)16-6-2-4-14(8-16)9-21)20(24-12-23-17)26-25-11-15-5-3-7-22-10-15/h2-8,10,12H,11H2,1H3. The molecular weight excluding hydrogens is 356 g/mol. The molecule has 0 aliphatic heterocycles. The van der Waals surface area contributed by atoms with E-state index in [1.54, 1.807) is 29.8 Å². The molecule has 0 saturated carbocycles. The fourth-order valence-electron chi connectivity index (χ4n) is 2.76. The molecule has 3 heterocycles. The molecule has 4 aromatic rings. The van der Waals surface area contributed by atoms with Gasteiger partial charge in [0.05, 0.1) is 23.7 Å². The van der Waals surface area contributed by atoms with Crippen molar-refractivity contribution in [2.75, 3.05) is 0 Å². The minimum Gasteiger partial charge on any atom is -0.264 e. The number of azo groups is 1. The van der Waals surface area contributed by atoms with E-state index in [1.165, 1.54) is 6.33 Å². The van der Waals surface area contributed by atoms with Crippen LogP contribution in [0.1, 0.15) is 16.7 Å². The highest BCUT2D eigenvalue weighted by atomic mass is 32.1. The van der Waals surface area contributed by atoms with Gasteiger partial charge in [0.25, 0.3) is 0 Å². The monoisotopic (exact) mass is 370 g/mol. The average Bonchev–Trinajstić information content (AvgIpc) is 3.06. The maximum absolute atomic E-state index is 9.15. The molecule has 0 N–H and O–H groups in total. The van der Waals surface area contributed by atoms with Crippen LogP contribution in [0.2, 0.25) is 0 Å². The zero-order valence-corrected chi connectivity index (χ0v) is 15.3. The van der Waals surface area contributed by atoms with Gasteiger partial charge in [-0.25, -0.2) is 9.97 Å². The first-order chi connectivity index (χ1) is 13.3. The van der Waals surface area contributed by atoms with Crippen LogP contribution in [0.5, 0.6) is 0 Å². The number of hydrogen-bond acceptors (Lipinski definition) is 7. The molecule has 3 aromatic heterocycles. The summed E-state index contributed by atoms with van der Waals surface area (Å²) in [6.07, 6.45) is 5.01. The zero-order valence-electron chi connectivity index (χ0n) is 14.5. The third kappa shape index (κ3) is 3.43. The van der Waals surface area contributed by atoms with Crippen molar-refractivity contribution in [3.8, 4) is 16.5 Å². The first kappa shape index (κ1) is 16.9. The van der Waals surface area contributed by atoms with Crippen molar-refractivity contribution in [3.63, 3.8) is 0 Å². The number of hydrogen-bond donors (Lipinski definition) is 0. The minimum atomic E-state index is 0.445. The van der Waals surface area contributed by atoms with Gasteiger partial charge in [-0.05, 0) is 41.8 Å². The van der Waals surface area contributed by atoms with Crippen molar-refractivity contribution in [2.45, 2.75) is 13.5 Å². The highest BCUT2D eigenvalue weighted by Gasteiger charge is 2.15. The molecule has 1 aromatic carbocycles. The number of aryl methyl sites for hydroxylation is 1. The predicted molar refractivity (Wildman–Crippen MR) is 105 cm³/mol. The number of fused-ring (bicyclic) bond motifs is 1. The summed E-state index contributed by atoms with van der Waals surface area (Å²) < 4.78 is 0.891. The smallest absolute Gasteiger partial charge is 0.195 e. The summed E-state index contributed by atoms with van der Waals surface area (Å²) in [5.41, 5.74) is 4.53. The highest BCUT2D eigenvalue weighted by Crippen LogP contribution is 2.40. The van der Waals surface area contributed by atoms with Gasteiger partial charge in [-0.15, -0.1) is 16.5 Å². The number of aromatic nitrogens is 3. The topological polar surface area (TPSA) is 87.2 Å². The second kappa shape index (κ2) is 7.40. The van der Waals surface area contributed by atoms with E-state index in [0.717, 1.165) is 31.8 Å². The van der Waals surface area contributed by atoms with Gasteiger partial charge in [0.1, 0.15) is 11.0 Å². The largest absolute Gasteiger partial charge is 0.264 e. The van der Waals surface area contributed by atoms with Crippen molar-refractivity contribution in [3.05, 3.63) is 71.8 Å². The van der Waals surface area contributed by atoms with Crippen molar-refractivity contribution < 1.29 is 0 Å². The molecule has 0 aliphatic rings.